The van der Waals surface area contributed by atoms with Crippen molar-refractivity contribution in [3.05, 3.63) is 29.3 Å². The first kappa shape index (κ1) is 13.8. The Hall–Kier alpha value is -1.26. The standard InChI is InChI=1S/C12H17ClN2O2/c1-9(12(14)16)15(2)7-8-17-11-5-3-10(13)4-6-11/h3-6,9H,7-8H2,1-2H3,(H2,14,16)/p+1/t9-/m0/s1. The van der Waals surface area contributed by atoms with E-state index in [4.69, 9.17) is 22.1 Å². The highest BCUT2D eigenvalue weighted by Gasteiger charge is 2.17. The summed E-state index contributed by atoms with van der Waals surface area (Å²) in [6, 6.07) is 6.98. The molecule has 0 saturated carbocycles. The van der Waals surface area contributed by atoms with Crippen molar-refractivity contribution in [3.63, 3.8) is 0 Å². The highest BCUT2D eigenvalue weighted by molar-refractivity contribution is 6.30. The fourth-order valence-electron chi connectivity index (χ4n) is 1.32. The number of halogens is 1. The van der Waals surface area contributed by atoms with E-state index >= 15 is 0 Å². The maximum absolute atomic E-state index is 11.0. The van der Waals surface area contributed by atoms with Crippen LogP contribution in [0.2, 0.25) is 5.02 Å². The van der Waals surface area contributed by atoms with Crippen molar-refractivity contribution in [2.75, 3.05) is 20.2 Å². The molecule has 1 unspecified atom stereocenters. The minimum atomic E-state index is -0.297. The monoisotopic (exact) mass is 257 g/mol. The Morgan fingerprint density at radius 2 is 2.06 bits per heavy atom. The molecule has 1 amide bonds. The largest absolute Gasteiger partial charge is 0.488 e. The number of rotatable bonds is 6. The van der Waals surface area contributed by atoms with Crippen molar-refractivity contribution in [1.29, 1.82) is 0 Å². The van der Waals surface area contributed by atoms with Crippen LogP contribution in [0.4, 0.5) is 0 Å². The van der Waals surface area contributed by atoms with Crippen LogP contribution < -0.4 is 15.4 Å². The lowest BCUT2D eigenvalue weighted by atomic mass is 10.3. The Morgan fingerprint density at radius 3 is 2.59 bits per heavy atom. The molecule has 3 N–H and O–H groups in total. The average Bonchev–Trinajstić information content (AvgIpc) is 2.30. The predicted octanol–water partition coefficient (Wildman–Crippen LogP) is 0.107. The van der Waals surface area contributed by atoms with Gasteiger partial charge in [0.2, 0.25) is 0 Å². The van der Waals surface area contributed by atoms with Gasteiger partial charge in [-0.3, -0.25) is 4.79 Å². The summed E-state index contributed by atoms with van der Waals surface area (Å²) in [7, 11) is 1.92. The van der Waals surface area contributed by atoms with Gasteiger partial charge in [0.05, 0.1) is 7.05 Å². The van der Waals surface area contributed by atoms with Gasteiger partial charge < -0.3 is 15.4 Å². The van der Waals surface area contributed by atoms with Gasteiger partial charge in [0.25, 0.3) is 5.91 Å². The van der Waals surface area contributed by atoms with Crippen molar-refractivity contribution in [1.82, 2.24) is 0 Å². The maximum Gasteiger partial charge on any atom is 0.275 e. The quantitative estimate of drug-likeness (QED) is 0.760. The maximum atomic E-state index is 11.0. The number of primary amides is 1. The van der Waals surface area contributed by atoms with Crippen LogP contribution in [-0.4, -0.2) is 32.1 Å². The molecule has 17 heavy (non-hydrogen) atoms. The number of quaternary nitrogens is 1. The lowest BCUT2D eigenvalue weighted by molar-refractivity contribution is -0.894. The molecule has 0 radical (unpaired) electrons. The van der Waals surface area contributed by atoms with Crippen LogP contribution in [0.1, 0.15) is 6.92 Å². The van der Waals surface area contributed by atoms with E-state index in [-0.39, 0.29) is 11.9 Å². The first-order chi connectivity index (χ1) is 8.00. The van der Waals surface area contributed by atoms with Crippen molar-refractivity contribution < 1.29 is 14.4 Å². The molecule has 0 aliphatic rings. The molecule has 0 spiro atoms. The minimum absolute atomic E-state index is 0.205. The molecule has 2 atom stereocenters. The molecule has 94 valence electrons. The van der Waals surface area contributed by atoms with Gasteiger partial charge in [-0.25, -0.2) is 0 Å². The lowest BCUT2D eigenvalue weighted by Gasteiger charge is -2.18. The fraction of sp³-hybridized carbons (Fsp3) is 0.417. The zero-order valence-corrected chi connectivity index (χ0v) is 10.8. The highest BCUT2D eigenvalue weighted by Crippen LogP contribution is 2.14. The molecule has 0 aliphatic heterocycles. The molecule has 5 heteroatoms. The second-order valence-electron chi connectivity index (χ2n) is 4.02. The third-order valence-electron chi connectivity index (χ3n) is 2.74. The van der Waals surface area contributed by atoms with Gasteiger partial charge in [-0.05, 0) is 31.2 Å². The molecule has 1 rings (SSSR count). The second kappa shape index (κ2) is 6.47. The number of amides is 1. The summed E-state index contributed by atoms with van der Waals surface area (Å²) in [4.78, 5) is 12.0. The molecule has 1 aromatic carbocycles. The topological polar surface area (TPSA) is 56.8 Å². The van der Waals surface area contributed by atoms with Gasteiger partial charge in [-0.1, -0.05) is 11.6 Å². The Kier molecular flexibility index (Phi) is 5.25. The van der Waals surface area contributed by atoms with E-state index in [2.05, 4.69) is 0 Å². The fourth-order valence-corrected chi connectivity index (χ4v) is 1.45. The molecular formula is C12H18ClN2O2+. The van der Waals surface area contributed by atoms with Gasteiger partial charge in [0.15, 0.2) is 6.04 Å². The first-order valence-corrected chi connectivity index (χ1v) is 5.88. The van der Waals surface area contributed by atoms with Crippen LogP contribution in [0.25, 0.3) is 0 Å². The van der Waals surface area contributed by atoms with E-state index < -0.39 is 0 Å². The van der Waals surface area contributed by atoms with E-state index in [0.717, 1.165) is 10.6 Å². The van der Waals surface area contributed by atoms with Crippen molar-refractivity contribution >= 4 is 17.5 Å². The van der Waals surface area contributed by atoms with E-state index in [1.165, 1.54) is 0 Å². The van der Waals surface area contributed by atoms with E-state index in [1.807, 2.05) is 19.2 Å². The molecular weight excluding hydrogens is 240 g/mol. The average molecular weight is 258 g/mol. The third kappa shape index (κ3) is 4.63. The molecule has 0 saturated heterocycles. The van der Waals surface area contributed by atoms with Crippen molar-refractivity contribution in [3.8, 4) is 5.75 Å². The molecule has 0 heterocycles. The summed E-state index contributed by atoms with van der Waals surface area (Å²) in [5, 5.41) is 0.683. The summed E-state index contributed by atoms with van der Waals surface area (Å²) < 4.78 is 5.53. The Balaban J connectivity index is 2.32. The molecule has 0 fully saturated rings. The summed E-state index contributed by atoms with van der Waals surface area (Å²) in [6.07, 6.45) is 0. The van der Waals surface area contributed by atoms with Gasteiger partial charge in [-0.15, -0.1) is 0 Å². The molecule has 4 nitrogen and oxygen atoms in total. The Morgan fingerprint density at radius 1 is 1.47 bits per heavy atom. The van der Waals surface area contributed by atoms with Crippen LogP contribution in [0.15, 0.2) is 24.3 Å². The van der Waals surface area contributed by atoms with Crippen LogP contribution in [-0.2, 0) is 4.79 Å². The van der Waals surface area contributed by atoms with E-state index in [1.54, 1.807) is 19.1 Å². The van der Waals surface area contributed by atoms with Crippen LogP contribution >= 0.6 is 11.6 Å². The first-order valence-electron chi connectivity index (χ1n) is 5.50. The number of likely N-dealkylation sites (N-methyl/N-ethyl adjacent to an activating group) is 1. The van der Waals surface area contributed by atoms with E-state index in [9.17, 15) is 4.79 Å². The van der Waals surface area contributed by atoms with Gasteiger partial charge in [0, 0.05) is 5.02 Å². The Labute approximate surface area is 106 Å². The number of ether oxygens (including phenoxy) is 1. The van der Waals surface area contributed by atoms with Crippen LogP contribution in [0.5, 0.6) is 5.75 Å². The van der Waals surface area contributed by atoms with Crippen LogP contribution in [0.3, 0.4) is 0 Å². The number of carbonyl (C=O) groups excluding carboxylic acids is 1. The van der Waals surface area contributed by atoms with E-state index in [0.29, 0.717) is 18.2 Å². The Bertz CT molecular complexity index is 367. The molecule has 0 aromatic heterocycles. The highest BCUT2D eigenvalue weighted by atomic mass is 35.5. The summed E-state index contributed by atoms with van der Waals surface area (Å²) in [5.41, 5.74) is 5.22. The number of nitrogens with two attached hydrogens (primary N) is 1. The predicted molar refractivity (Wildman–Crippen MR) is 67.4 cm³/mol. The number of carbonyl (C=O) groups is 1. The zero-order chi connectivity index (χ0) is 12.8. The minimum Gasteiger partial charge on any atom is -0.488 e. The number of hydrogen-bond donors (Lipinski definition) is 2. The smallest absolute Gasteiger partial charge is 0.275 e. The van der Waals surface area contributed by atoms with Crippen molar-refractivity contribution in [2.45, 2.75) is 13.0 Å². The second-order valence-corrected chi connectivity index (χ2v) is 4.46. The number of hydrogen-bond acceptors (Lipinski definition) is 2. The van der Waals surface area contributed by atoms with Gasteiger partial charge in [0.1, 0.15) is 18.9 Å². The zero-order valence-electron chi connectivity index (χ0n) is 10.1. The lowest BCUT2D eigenvalue weighted by Crippen LogP contribution is -3.14. The van der Waals surface area contributed by atoms with Gasteiger partial charge >= 0.3 is 0 Å². The summed E-state index contributed by atoms with van der Waals surface area (Å²) in [5.74, 6) is 0.475. The van der Waals surface area contributed by atoms with Crippen LogP contribution in [0, 0.1) is 0 Å². The SMILES string of the molecule is C[C@@H](C(N)=O)[NH+](C)CCOc1ccc(Cl)cc1. The molecule has 0 bridgehead atoms. The number of nitrogens with one attached hydrogen (secondary N) is 1. The molecule has 0 aliphatic carbocycles. The summed E-state index contributed by atoms with van der Waals surface area (Å²) >= 11 is 5.76. The third-order valence-corrected chi connectivity index (χ3v) is 3.00. The van der Waals surface area contributed by atoms with Gasteiger partial charge in [-0.2, -0.15) is 0 Å². The number of benzene rings is 1. The molecule has 1 aromatic rings. The normalized spacial score (nSPS) is 14.1. The van der Waals surface area contributed by atoms with Crippen molar-refractivity contribution in [2.24, 2.45) is 5.73 Å². The summed E-state index contributed by atoms with van der Waals surface area (Å²) in [6.45, 7) is 3.05.